The third kappa shape index (κ3) is 4.03. The Bertz CT molecular complexity index is 206. The highest BCUT2D eigenvalue weighted by molar-refractivity contribution is 5.64. The average molecular weight is 218 g/mol. The highest BCUT2D eigenvalue weighted by atomic mass is 19.1. The number of halogens is 1. The first-order valence-electron chi connectivity index (χ1n) is 5.35. The van der Waals surface area contributed by atoms with Crippen molar-refractivity contribution in [2.45, 2.75) is 37.8 Å². The van der Waals surface area contributed by atoms with Crippen molar-refractivity contribution >= 4 is 6.09 Å². The van der Waals surface area contributed by atoms with Crippen LogP contribution in [0.2, 0.25) is 0 Å². The Labute approximate surface area is 89.6 Å². The summed E-state index contributed by atoms with van der Waals surface area (Å²) in [6.45, 7) is 0.167. The minimum absolute atomic E-state index is 0.0440. The van der Waals surface area contributed by atoms with Crippen LogP contribution in [0.5, 0.6) is 0 Å². The largest absolute Gasteiger partial charge is 0.446 e. The van der Waals surface area contributed by atoms with Crippen LogP contribution in [-0.2, 0) is 4.74 Å². The van der Waals surface area contributed by atoms with Crippen LogP contribution in [-0.4, -0.2) is 43.4 Å². The summed E-state index contributed by atoms with van der Waals surface area (Å²) in [5.41, 5.74) is 4.94. The lowest BCUT2D eigenvalue weighted by Gasteiger charge is -2.33. The molecule has 1 amide bonds. The van der Waals surface area contributed by atoms with Crippen LogP contribution in [0.15, 0.2) is 0 Å². The Hall–Kier alpha value is -0.840. The van der Waals surface area contributed by atoms with E-state index in [1.807, 2.05) is 11.9 Å². The van der Waals surface area contributed by atoms with Crippen molar-refractivity contribution in [1.82, 2.24) is 4.90 Å². The predicted octanol–water partition coefficient (Wildman–Crippen LogP) is 1.29. The molecule has 15 heavy (non-hydrogen) atoms. The first-order valence-corrected chi connectivity index (χ1v) is 5.35. The Kier molecular flexibility index (Phi) is 4.81. The number of primary amides is 1. The smallest absolute Gasteiger partial charge is 0.404 e. The molecule has 88 valence electrons. The van der Waals surface area contributed by atoms with Crippen molar-refractivity contribution < 1.29 is 13.9 Å². The maximum absolute atomic E-state index is 12.1. The van der Waals surface area contributed by atoms with Gasteiger partial charge in [0, 0.05) is 12.6 Å². The molecule has 0 bridgehead atoms. The average Bonchev–Trinajstić information content (AvgIpc) is 2.18. The summed E-state index contributed by atoms with van der Waals surface area (Å²) in [6, 6.07) is 0.411. The molecule has 0 radical (unpaired) electrons. The van der Waals surface area contributed by atoms with Gasteiger partial charge in [0.25, 0.3) is 0 Å². The Morgan fingerprint density at radius 3 is 2.53 bits per heavy atom. The third-order valence-corrected chi connectivity index (χ3v) is 2.99. The molecule has 4 nitrogen and oxygen atoms in total. The quantitative estimate of drug-likeness (QED) is 0.773. The van der Waals surface area contributed by atoms with E-state index in [2.05, 4.69) is 0 Å². The molecule has 0 unspecified atom stereocenters. The van der Waals surface area contributed by atoms with Crippen LogP contribution >= 0.6 is 0 Å². The standard InChI is InChI=1S/C10H19FN2O2/c1-13(7-6-11)8-2-4-9(5-3-8)15-10(12)14/h8-9H,2-7H2,1H3,(H2,12,14). The maximum atomic E-state index is 12.1. The fraction of sp³-hybridized carbons (Fsp3) is 0.900. The van der Waals surface area contributed by atoms with Gasteiger partial charge in [-0.25, -0.2) is 9.18 Å². The summed E-state index contributed by atoms with van der Waals surface area (Å²) in [5.74, 6) is 0. The van der Waals surface area contributed by atoms with Crippen LogP contribution in [0.3, 0.4) is 0 Å². The van der Waals surface area contributed by atoms with Gasteiger partial charge in [0.05, 0.1) is 0 Å². The minimum atomic E-state index is -0.699. The van der Waals surface area contributed by atoms with Gasteiger partial charge in [-0.1, -0.05) is 0 Å². The number of hydrogen-bond acceptors (Lipinski definition) is 3. The van der Waals surface area contributed by atoms with Crippen LogP contribution in [0, 0.1) is 0 Å². The Morgan fingerprint density at radius 2 is 2.07 bits per heavy atom. The second-order valence-electron chi connectivity index (χ2n) is 4.04. The Balaban J connectivity index is 2.26. The zero-order valence-electron chi connectivity index (χ0n) is 9.12. The monoisotopic (exact) mass is 218 g/mol. The normalized spacial score (nSPS) is 26.6. The molecule has 1 aliphatic rings. The number of nitrogens with zero attached hydrogens (tertiary/aromatic N) is 1. The van der Waals surface area contributed by atoms with Gasteiger partial charge in [-0.2, -0.15) is 0 Å². The first-order chi connectivity index (χ1) is 7.13. The molecule has 0 aromatic rings. The van der Waals surface area contributed by atoms with Crippen LogP contribution in [0.4, 0.5) is 9.18 Å². The van der Waals surface area contributed by atoms with Gasteiger partial charge < -0.3 is 15.4 Å². The number of nitrogens with two attached hydrogens (primary N) is 1. The van der Waals surface area contributed by atoms with Crippen molar-refractivity contribution in [1.29, 1.82) is 0 Å². The number of alkyl halides is 1. The van der Waals surface area contributed by atoms with Gasteiger partial charge in [-0.15, -0.1) is 0 Å². The van der Waals surface area contributed by atoms with Crippen LogP contribution in [0.1, 0.15) is 25.7 Å². The van der Waals surface area contributed by atoms with E-state index in [0.29, 0.717) is 12.6 Å². The van der Waals surface area contributed by atoms with Crippen molar-refractivity contribution in [2.24, 2.45) is 5.73 Å². The molecule has 0 saturated heterocycles. The van der Waals surface area contributed by atoms with E-state index in [1.54, 1.807) is 0 Å². The highest BCUT2D eigenvalue weighted by Crippen LogP contribution is 2.24. The summed E-state index contributed by atoms with van der Waals surface area (Å²) < 4.78 is 17.0. The van der Waals surface area contributed by atoms with Crippen molar-refractivity contribution in [3.8, 4) is 0 Å². The topological polar surface area (TPSA) is 55.6 Å². The molecule has 1 rings (SSSR count). The van der Waals surface area contributed by atoms with Gasteiger partial charge in [-0.05, 0) is 32.7 Å². The zero-order valence-corrected chi connectivity index (χ0v) is 9.12. The third-order valence-electron chi connectivity index (χ3n) is 2.99. The second-order valence-corrected chi connectivity index (χ2v) is 4.04. The fourth-order valence-corrected chi connectivity index (χ4v) is 2.08. The van der Waals surface area contributed by atoms with E-state index in [1.165, 1.54) is 0 Å². The zero-order chi connectivity index (χ0) is 11.3. The number of rotatable bonds is 4. The minimum Gasteiger partial charge on any atom is -0.446 e. The van der Waals surface area contributed by atoms with Gasteiger partial charge in [0.2, 0.25) is 0 Å². The van der Waals surface area contributed by atoms with E-state index in [0.717, 1.165) is 25.7 Å². The molecule has 0 atom stereocenters. The van der Waals surface area contributed by atoms with E-state index in [-0.39, 0.29) is 12.8 Å². The number of amides is 1. The highest BCUT2D eigenvalue weighted by Gasteiger charge is 2.25. The van der Waals surface area contributed by atoms with E-state index >= 15 is 0 Å². The summed E-state index contributed by atoms with van der Waals surface area (Å²) in [7, 11) is 1.93. The molecule has 5 heteroatoms. The summed E-state index contributed by atoms with van der Waals surface area (Å²) in [5, 5.41) is 0. The lowest BCUT2D eigenvalue weighted by molar-refractivity contribution is 0.0575. The summed E-state index contributed by atoms with van der Waals surface area (Å²) >= 11 is 0. The van der Waals surface area contributed by atoms with Crippen molar-refractivity contribution in [2.75, 3.05) is 20.3 Å². The number of hydrogen-bond donors (Lipinski definition) is 1. The molecular formula is C10H19FN2O2. The lowest BCUT2D eigenvalue weighted by atomic mass is 9.92. The van der Waals surface area contributed by atoms with Gasteiger partial charge in [-0.3, -0.25) is 0 Å². The number of carbonyl (C=O) groups excluding carboxylic acids is 1. The molecule has 1 aliphatic carbocycles. The molecular weight excluding hydrogens is 199 g/mol. The van der Waals surface area contributed by atoms with Gasteiger partial charge >= 0.3 is 6.09 Å². The molecule has 1 fully saturated rings. The van der Waals surface area contributed by atoms with E-state index in [4.69, 9.17) is 10.5 Å². The molecule has 0 aromatic heterocycles. The maximum Gasteiger partial charge on any atom is 0.404 e. The SMILES string of the molecule is CN(CCF)C1CCC(OC(N)=O)CC1. The summed E-state index contributed by atoms with van der Waals surface area (Å²) in [6.07, 6.45) is 2.78. The number of ether oxygens (including phenoxy) is 1. The van der Waals surface area contributed by atoms with Crippen molar-refractivity contribution in [3.63, 3.8) is 0 Å². The van der Waals surface area contributed by atoms with Gasteiger partial charge in [0.1, 0.15) is 12.8 Å². The van der Waals surface area contributed by atoms with Gasteiger partial charge in [0.15, 0.2) is 0 Å². The molecule has 0 aliphatic heterocycles. The molecule has 0 heterocycles. The first kappa shape index (κ1) is 12.2. The Morgan fingerprint density at radius 1 is 1.47 bits per heavy atom. The molecule has 2 N–H and O–H groups in total. The lowest BCUT2D eigenvalue weighted by Crippen LogP contribution is -2.38. The molecule has 1 saturated carbocycles. The second kappa shape index (κ2) is 5.90. The van der Waals surface area contributed by atoms with Crippen LogP contribution < -0.4 is 5.73 Å². The number of carbonyl (C=O) groups is 1. The molecule has 0 aromatic carbocycles. The predicted molar refractivity (Wildman–Crippen MR) is 55.3 cm³/mol. The van der Waals surface area contributed by atoms with E-state index in [9.17, 15) is 9.18 Å². The van der Waals surface area contributed by atoms with Crippen molar-refractivity contribution in [3.05, 3.63) is 0 Å². The molecule has 0 spiro atoms. The summed E-state index contributed by atoms with van der Waals surface area (Å²) in [4.78, 5) is 12.6. The fourth-order valence-electron chi connectivity index (χ4n) is 2.08. The van der Waals surface area contributed by atoms with E-state index < -0.39 is 6.09 Å². The van der Waals surface area contributed by atoms with Crippen LogP contribution in [0.25, 0.3) is 0 Å².